The molecule has 2 fully saturated rings. The summed E-state index contributed by atoms with van der Waals surface area (Å²) in [5, 5.41) is 13.0. The van der Waals surface area contributed by atoms with Crippen molar-refractivity contribution in [1.29, 1.82) is 0 Å². The maximum atomic E-state index is 15.4. The summed E-state index contributed by atoms with van der Waals surface area (Å²) in [5.74, 6) is -0.340. The van der Waals surface area contributed by atoms with Crippen molar-refractivity contribution in [3.63, 3.8) is 0 Å². The molecule has 0 bridgehead atoms. The third-order valence-corrected chi connectivity index (χ3v) is 6.55. The Morgan fingerprint density at radius 2 is 1.75 bits per heavy atom. The van der Waals surface area contributed by atoms with E-state index in [4.69, 9.17) is 0 Å². The molecule has 2 aliphatic rings. The molecule has 5 nitrogen and oxygen atoms in total. The van der Waals surface area contributed by atoms with Crippen LogP contribution in [0.4, 0.5) is 29.2 Å². The fourth-order valence-corrected chi connectivity index (χ4v) is 4.41. The predicted molar refractivity (Wildman–Crippen MR) is 114 cm³/mol. The van der Waals surface area contributed by atoms with E-state index in [-0.39, 0.29) is 36.2 Å². The molecule has 1 aromatic heterocycles. The molecule has 0 aliphatic heterocycles. The molecule has 174 valence electrons. The summed E-state index contributed by atoms with van der Waals surface area (Å²) in [5.41, 5.74) is -0.329. The molecule has 0 radical (unpaired) electrons. The number of halogens is 4. The lowest BCUT2D eigenvalue weighted by atomic mass is 9.74. The van der Waals surface area contributed by atoms with Crippen LogP contribution in [0.5, 0.6) is 0 Å². The summed E-state index contributed by atoms with van der Waals surface area (Å²) in [6, 6.07) is 5.02. The second-order valence-electron chi connectivity index (χ2n) is 8.99. The van der Waals surface area contributed by atoms with Crippen LogP contribution in [0.15, 0.2) is 30.6 Å². The lowest BCUT2D eigenvalue weighted by molar-refractivity contribution is -0.137. The lowest BCUT2D eigenvalue weighted by Crippen LogP contribution is -2.36. The van der Waals surface area contributed by atoms with E-state index in [0.717, 1.165) is 57.1 Å². The standard InChI is InChI=1S/C23H28F4N4O/c24-19-20(28-13-22(14-32)10-2-1-3-11-22)29-15-30-21(19)31(18-8-9-18)12-16-4-6-17(7-5-16)23(25,26)27/h4-7,15,18,32H,1-3,8-14H2,(H,28,29,30). The Morgan fingerprint density at radius 1 is 1.06 bits per heavy atom. The van der Waals surface area contributed by atoms with Crippen LogP contribution in [0, 0.1) is 11.2 Å². The molecule has 2 N–H and O–H groups in total. The van der Waals surface area contributed by atoms with Gasteiger partial charge in [0.1, 0.15) is 6.33 Å². The van der Waals surface area contributed by atoms with Crippen molar-refractivity contribution >= 4 is 11.6 Å². The van der Waals surface area contributed by atoms with Gasteiger partial charge in [0.05, 0.1) is 12.2 Å². The predicted octanol–water partition coefficient (Wildman–Crippen LogP) is 5.16. The fraction of sp³-hybridized carbons (Fsp3) is 0.565. The molecular formula is C23H28F4N4O. The zero-order valence-corrected chi connectivity index (χ0v) is 17.8. The van der Waals surface area contributed by atoms with Gasteiger partial charge in [0, 0.05) is 24.5 Å². The first kappa shape index (κ1) is 22.8. The third kappa shape index (κ3) is 5.14. The number of aliphatic hydroxyl groups excluding tert-OH is 1. The molecule has 9 heteroatoms. The monoisotopic (exact) mass is 452 g/mol. The summed E-state index contributed by atoms with van der Waals surface area (Å²) in [6.07, 6.45) is 3.67. The minimum absolute atomic E-state index is 0.0433. The van der Waals surface area contributed by atoms with Crippen LogP contribution in [-0.4, -0.2) is 34.3 Å². The second-order valence-corrected chi connectivity index (χ2v) is 8.99. The topological polar surface area (TPSA) is 61.3 Å². The van der Waals surface area contributed by atoms with Crippen LogP contribution < -0.4 is 10.2 Å². The van der Waals surface area contributed by atoms with E-state index in [1.54, 1.807) is 4.90 Å². The highest BCUT2D eigenvalue weighted by Crippen LogP contribution is 2.38. The Labute approximate surface area is 184 Å². The SMILES string of the molecule is OCC1(CNc2ncnc(N(Cc3ccc(C(F)(F)F)cc3)C3CC3)c2F)CCCCC1. The van der Waals surface area contributed by atoms with Crippen LogP contribution in [0.2, 0.25) is 0 Å². The normalized spacial score (nSPS) is 18.4. The van der Waals surface area contributed by atoms with Crippen molar-refractivity contribution in [3.8, 4) is 0 Å². The Bertz CT molecular complexity index is 909. The molecule has 0 amide bonds. The quantitative estimate of drug-likeness (QED) is 0.542. The Kier molecular flexibility index (Phi) is 6.55. The first-order chi connectivity index (χ1) is 15.3. The molecule has 0 atom stereocenters. The average Bonchev–Trinajstić information content (AvgIpc) is 3.63. The van der Waals surface area contributed by atoms with E-state index >= 15 is 4.39 Å². The fourth-order valence-electron chi connectivity index (χ4n) is 4.41. The number of alkyl halides is 3. The maximum absolute atomic E-state index is 15.4. The Hall–Kier alpha value is -2.42. The smallest absolute Gasteiger partial charge is 0.396 e. The number of nitrogens with zero attached hydrogens (tertiary/aromatic N) is 3. The number of rotatable bonds is 8. The van der Waals surface area contributed by atoms with E-state index in [2.05, 4.69) is 15.3 Å². The van der Waals surface area contributed by atoms with Crippen LogP contribution in [-0.2, 0) is 12.7 Å². The van der Waals surface area contributed by atoms with Crippen molar-refractivity contribution < 1.29 is 22.7 Å². The molecule has 2 aliphatic carbocycles. The van der Waals surface area contributed by atoms with Gasteiger partial charge in [-0.3, -0.25) is 0 Å². The molecule has 2 aromatic rings. The second kappa shape index (κ2) is 9.21. The van der Waals surface area contributed by atoms with E-state index in [9.17, 15) is 18.3 Å². The minimum atomic E-state index is -4.39. The molecular weight excluding hydrogens is 424 g/mol. The summed E-state index contributed by atoms with van der Waals surface area (Å²) in [6.45, 7) is 0.734. The number of anilines is 2. The number of benzene rings is 1. The van der Waals surface area contributed by atoms with E-state index in [1.165, 1.54) is 18.5 Å². The van der Waals surface area contributed by atoms with Gasteiger partial charge in [-0.1, -0.05) is 31.4 Å². The van der Waals surface area contributed by atoms with Gasteiger partial charge < -0.3 is 15.3 Å². The van der Waals surface area contributed by atoms with Gasteiger partial charge >= 0.3 is 6.18 Å². The zero-order chi connectivity index (χ0) is 22.8. The number of hydrogen-bond acceptors (Lipinski definition) is 5. The number of hydrogen-bond donors (Lipinski definition) is 2. The minimum Gasteiger partial charge on any atom is -0.396 e. The highest BCUT2D eigenvalue weighted by Gasteiger charge is 2.35. The van der Waals surface area contributed by atoms with Crippen LogP contribution >= 0.6 is 0 Å². The van der Waals surface area contributed by atoms with Gasteiger partial charge in [-0.25, -0.2) is 9.97 Å². The zero-order valence-electron chi connectivity index (χ0n) is 17.8. The summed E-state index contributed by atoms with van der Waals surface area (Å²) in [4.78, 5) is 10.0. The van der Waals surface area contributed by atoms with Crippen molar-refractivity contribution in [2.45, 2.75) is 63.7 Å². The summed E-state index contributed by atoms with van der Waals surface area (Å²) < 4.78 is 53.9. The summed E-state index contributed by atoms with van der Waals surface area (Å²) >= 11 is 0. The van der Waals surface area contributed by atoms with E-state index < -0.39 is 17.6 Å². The van der Waals surface area contributed by atoms with Gasteiger partial charge in [0.25, 0.3) is 0 Å². The highest BCUT2D eigenvalue weighted by molar-refractivity contribution is 5.52. The van der Waals surface area contributed by atoms with Crippen molar-refractivity contribution in [3.05, 3.63) is 47.5 Å². The Balaban J connectivity index is 1.51. The third-order valence-electron chi connectivity index (χ3n) is 6.55. The van der Waals surface area contributed by atoms with Gasteiger partial charge in [0.15, 0.2) is 11.6 Å². The van der Waals surface area contributed by atoms with Gasteiger partial charge in [-0.2, -0.15) is 17.6 Å². The molecule has 1 heterocycles. The Morgan fingerprint density at radius 3 is 2.34 bits per heavy atom. The van der Waals surface area contributed by atoms with Crippen LogP contribution in [0.3, 0.4) is 0 Å². The van der Waals surface area contributed by atoms with Crippen molar-refractivity contribution in [1.82, 2.24) is 9.97 Å². The number of aliphatic hydroxyl groups is 1. The first-order valence-electron chi connectivity index (χ1n) is 11.1. The molecule has 2 saturated carbocycles. The van der Waals surface area contributed by atoms with Crippen LogP contribution in [0.1, 0.15) is 56.1 Å². The van der Waals surface area contributed by atoms with E-state index in [1.807, 2.05) is 0 Å². The first-order valence-corrected chi connectivity index (χ1v) is 11.1. The van der Waals surface area contributed by atoms with Gasteiger partial charge in [0.2, 0.25) is 5.82 Å². The lowest BCUT2D eigenvalue weighted by Gasteiger charge is -2.36. The molecule has 0 unspecified atom stereocenters. The number of aromatic nitrogens is 2. The average molecular weight is 452 g/mol. The number of nitrogens with one attached hydrogen (secondary N) is 1. The van der Waals surface area contributed by atoms with Crippen LogP contribution in [0.25, 0.3) is 0 Å². The van der Waals surface area contributed by atoms with Gasteiger partial charge in [-0.05, 0) is 43.4 Å². The molecule has 4 rings (SSSR count). The van der Waals surface area contributed by atoms with Crippen molar-refractivity contribution in [2.24, 2.45) is 5.41 Å². The maximum Gasteiger partial charge on any atom is 0.416 e. The molecule has 0 saturated heterocycles. The van der Waals surface area contributed by atoms with Gasteiger partial charge in [-0.15, -0.1) is 0 Å². The summed E-state index contributed by atoms with van der Waals surface area (Å²) in [7, 11) is 0. The largest absolute Gasteiger partial charge is 0.416 e. The molecule has 1 aromatic carbocycles. The molecule has 0 spiro atoms. The highest BCUT2D eigenvalue weighted by atomic mass is 19.4. The van der Waals surface area contributed by atoms with Crippen molar-refractivity contribution in [2.75, 3.05) is 23.4 Å². The van der Waals surface area contributed by atoms with E-state index in [0.29, 0.717) is 12.1 Å². The molecule has 32 heavy (non-hydrogen) atoms.